The Balaban J connectivity index is 2.05. The van der Waals surface area contributed by atoms with E-state index in [1.165, 1.54) is 23.2 Å². The van der Waals surface area contributed by atoms with E-state index in [0.717, 1.165) is 6.54 Å². The van der Waals surface area contributed by atoms with Gasteiger partial charge in [0.2, 0.25) is 0 Å². The first-order valence-electron chi connectivity index (χ1n) is 6.69. The summed E-state index contributed by atoms with van der Waals surface area (Å²) in [4.78, 5) is 6.28. The van der Waals surface area contributed by atoms with Gasteiger partial charge < -0.3 is 4.90 Å². The number of nitrogens with zero attached hydrogens (tertiary/aromatic N) is 2. The summed E-state index contributed by atoms with van der Waals surface area (Å²) >= 11 is 0. The van der Waals surface area contributed by atoms with Gasteiger partial charge in [0.15, 0.2) is 0 Å². The van der Waals surface area contributed by atoms with Crippen molar-refractivity contribution in [1.29, 1.82) is 0 Å². The summed E-state index contributed by atoms with van der Waals surface area (Å²) in [6, 6.07) is 12.6. The van der Waals surface area contributed by atoms with Crippen LogP contribution in [0.1, 0.15) is 24.5 Å². The summed E-state index contributed by atoms with van der Waals surface area (Å²) in [7, 11) is 2.13. The van der Waals surface area contributed by atoms with Gasteiger partial charge >= 0.3 is 0 Å². The minimum atomic E-state index is 1.09. The lowest BCUT2D eigenvalue weighted by Gasteiger charge is -2.18. The molecule has 2 heteroatoms. The van der Waals surface area contributed by atoms with Gasteiger partial charge in [-0.25, -0.2) is 0 Å². The Kier molecular flexibility index (Phi) is 4.73. The molecule has 1 heterocycles. The lowest BCUT2D eigenvalue weighted by molar-refractivity contribution is 0.852. The Bertz CT molecular complexity index is 515. The normalized spacial score (nSPS) is 10.8. The molecule has 2 nitrogen and oxygen atoms in total. The van der Waals surface area contributed by atoms with Crippen LogP contribution >= 0.6 is 0 Å². The quantitative estimate of drug-likeness (QED) is 0.796. The van der Waals surface area contributed by atoms with Gasteiger partial charge in [0.05, 0.1) is 0 Å². The van der Waals surface area contributed by atoms with Crippen LogP contribution in [0.2, 0.25) is 0 Å². The summed E-state index contributed by atoms with van der Waals surface area (Å²) < 4.78 is 0. The third kappa shape index (κ3) is 3.95. The fraction of sp³-hybridized carbons (Fsp3) is 0.235. The maximum Gasteiger partial charge on any atom is 0.0364 e. The van der Waals surface area contributed by atoms with Gasteiger partial charge in [-0.1, -0.05) is 31.2 Å². The van der Waals surface area contributed by atoms with E-state index in [1.54, 1.807) is 0 Å². The zero-order chi connectivity index (χ0) is 13.5. The van der Waals surface area contributed by atoms with E-state index >= 15 is 0 Å². The number of benzene rings is 1. The summed E-state index contributed by atoms with van der Waals surface area (Å²) in [6.07, 6.45) is 9.01. The van der Waals surface area contributed by atoms with Crippen molar-refractivity contribution < 1.29 is 0 Å². The molecule has 2 rings (SSSR count). The number of aromatic nitrogens is 1. The molecule has 0 radical (unpaired) electrons. The Labute approximate surface area is 115 Å². The van der Waals surface area contributed by atoms with Crippen molar-refractivity contribution in [1.82, 2.24) is 4.98 Å². The van der Waals surface area contributed by atoms with E-state index in [1.807, 2.05) is 24.5 Å². The molecule has 0 bridgehead atoms. The fourth-order valence-electron chi connectivity index (χ4n) is 1.97. The van der Waals surface area contributed by atoms with Crippen molar-refractivity contribution in [3.05, 3.63) is 59.9 Å². The zero-order valence-corrected chi connectivity index (χ0v) is 11.6. The largest absolute Gasteiger partial charge is 0.375 e. The Morgan fingerprint density at radius 3 is 2.11 bits per heavy atom. The van der Waals surface area contributed by atoms with Gasteiger partial charge in [0, 0.05) is 31.7 Å². The van der Waals surface area contributed by atoms with Crippen LogP contribution in [0.4, 0.5) is 5.69 Å². The maximum atomic E-state index is 4.01. The minimum absolute atomic E-state index is 1.09. The van der Waals surface area contributed by atoms with Crippen LogP contribution < -0.4 is 4.90 Å². The lowest BCUT2D eigenvalue weighted by atomic mass is 10.1. The lowest BCUT2D eigenvalue weighted by Crippen LogP contribution is -2.17. The van der Waals surface area contributed by atoms with Crippen molar-refractivity contribution >= 4 is 17.8 Å². The average Bonchev–Trinajstić information content (AvgIpc) is 2.47. The van der Waals surface area contributed by atoms with E-state index in [4.69, 9.17) is 0 Å². The molecule has 19 heavy (non-hydrogen) atoms. The summed E-state index contributed by atoms with van der Waals surface area (Å²) in [5.41, 5.74) is 3.65. The highest BCUT2D eigenvalue weighted by Crippen LogP contribution is 2.15. The molecule has 0 aliphatic rings. The first-order valence-corrected chi connectivity index (χ1v) is 6.69. The molecule has 1 aromatic heterocycles. The highest BCUT2D eigenvalue weighted by molar-refractivity contribution is 5.70. The molecule has 0 spiro atoms. The molecule has 2 aromatic rings. The number of rotatable bonds is 5. The third-order valence-corrected chi connectivity index (χ3v) is 3.07. The van der Waals surface area contributed by atoms with Crippen molar-refractivity contribution in [3.8, 4) is 0 Å². The fourth-order valence-corrected chi connectivity index (χ4v) is 1.97. The Hall–Kier alpha value is -2.09. The van der Waals surface area contributed by atoms with Crippen LogP contribution in [0, 0.1) is 0 Å². The molecule has 0 fully saturated rings. The van der Waals surface area contributed by atoms with Crippen LogP contribution in [-0.4, -0.2) is 18.6 Å². The molecule has 0 unspecified atom stereocenters. The summed E-state index contributed by atoms with van der Waals surface area (Å²) in [5, 5.41) is 0. The monoisotopic (exact) mass is 252 g/mol. The first-order chi connectivity index (χ1) is 9.29. The number of anilines is 1. The topological polar surface area (TPSA) is 16.1 Å². The van der Waals surface area contributed by atoms with E-state index in [2.05, 4.69) is 60.3 Å². The third-order valence-electron chi connectivity index (χ3n) is 3.07. The van der Waals surface area contributed by atoms with Crippen molar-refractivity contribution in [3.63, 3.8) is 0 Å². The highest BCUT2D eigenvalue weighted by atomic mass is 15.1. The van der Waals surface area contributed by atoms with Crippen LogP contribution in [0.3, 0.4) is 0 Å². The van der Waals surface area contributed by atoms with Gasteiger partial charge in [0.1, 0.15) is 0 Å². The van der Waals surface area contributed by atoms with Crippen LogP contribution in [0.25, 0.3) is 12.2 Å². The number of hydrogen-bond acceptors (Lipinski definition) is 2. The molecule has 0 amide bonds. The molecular weight excluding hydrogens is 232 g/mol. The average molecular weight is 252 g/mol. The second-order valence-corrected chi connectivity index (χ2v) is 4.63. The standard InChI is InChI=1S/C17H20N2/c1-3-14-19(2)17-8-6-15(7-9-17)4-5-16-10-12-18-13-11-16/h4-13H,3,14H2,1-2H3. The summed E-state index contributed by atoms with van der Waals surface area (Å²) in [5.74, 6) is 0. The Morgan fingerprint density at radius 2 is 1.53 bits per heavy atom. The molecule has 0 atom stereocenters. The van der Waals surface area contributed by atoms with Crippen LogP contribution in [0.5, 0.6) is 0 Å². The van der Waals surface area contributed by atoms with Crippen LogP contribution in [0.15, 0.2) is 48.8 Å². The summed E-state index contributed by atoms with van der Waals surface area (Å²) in [6.45, 7) is 3.29. The molecular formula is C17H20N2. The SMILES string of the molecule is CCCN(C)c1ccc(C=Cc2ccncc2)cc1. The van der Waals surface area contributed by atoms with Crippen molar-refractivity contribution in [2.75, 3.05) is 18.5 Å². The molecule has 98 valence electrons. The molecule has 1 aromatic carbocycles. The van der Waals surface area contributed by atoms with Crippen molar-refractivity contribution in [2.24, 2.45) is 0 Å². The molecule has 0 N–H and O–H groups in total. The number of pyridine rings is 1. The maximum absolute atomic E-state index is 4.01. The smallest absolute Gasteiger partial charge is 0.0364 e. The van der Waals surface area contributed by atoms with Crippen molar-refractivity contribution in [2.45, 2.75) is 13.3 Å². The first kappa shape index (κ1) is 13.3. The molecule has 0 saturated carbocycles. The predicted octanol–water partition coefficient (Wildman–Crippen LogP) is 4.10. The molecule has 0 aliphatic heterocycles. The van der Waals surface area contributed by atoms with Gasteiger partial charge in [-0.3, -0.25) is 4.98 Å². The van der Waals surface area contributed by atoms with Gasteiger partial charge in [-0.15, -0.1) is 0 Å². The van der Waals surface area contributed by atoms with Gasteiger partial charge in [-0.05, 0) is 41.8 Å². The van der Waals surface area contributed by atoms with E-state index in [-0.39, 0.29) is 0 Å². The molecule has 0 saturated heterocycles. The highest BCUT2D eigenvalue weighted by Gasteiger charge is 1.98. The van der Waals surface area contributed by atoms with E-state index in [0.29, 0.717) is 0 Å². The number of hydrogen-bond donors (Lipinski definition) is 0. The molecule has 0 aliphatic carbocycles. The van der Waals surface area contributed by atoms with Gasteiger partial charge in [-0.2, -0.15) is 0 Å². The van der Waals surface area contributed by atoms with Crippen LogP contribution in [-0.2, 0) is 0 Å². The predicted molar refractivity (Wildman–Crippen MR) is 83.2 cm³/mol. The van der Waals surface area contributed by atoms with E-state index < -0.39 is 0 Å². The second-order valence-electron chi connectivity index (χ2n) is 4.63. The zero-order valence-electron chi connectivity index (χ0n) is 11.6. The Morgan fingerprint density at radius 1 is 0.947 bits per heavy atom. The second kappa shape index (κ2) is 6.74. The van der Waals surface area contributed by atoms with Gasteiger partial charge in [0.25, 0.3) is 0 Å². The minimum Gasteiger partial charge on any atom is -0.375 e. The van der Waals surface area contributed by atoms with E-state index in [9.17, 15) is 0 Å².